The second-order valence-corrected chi connectivity index (χ2v) is 7.44. The maximum absolute atomic E-state index is 12.9. The molecule has 8 heteroatoms. The molecule has 2 heterocycles. The minimum Gasteiger partial charge on any atom is -0.495 e. The molecule has 0 saturated heterocycles. The van der Waals surface area contributed by atoms with Crippen LogP contribution in [0.2, 0.25) is 0 Å². The van der Waals surface area contributed by atoms with Crippen molar-refractivity contribution in [1.82, 2.24) is 4.57 Å². The van der Waals surface area contributed by atoms with Crippen LogP contribution in [0, 0.1) is 0 Å². The number of methoxy groups -OCH3 is 1. The quantitative estimate of drug-likeness (QED) is 0.442. The number of hydrogen-bond donors (Lipinski definition) is 0. The molecule has 0 N–H and O–H groups in total. The summed E-state index contributed by atoms with van der Waals surface area (Å²) < 4.78 is 19.3. The number of carbonyl (C=O) groups is 1. The Hall–Kier alpha value is -3.23. The molecule has 4 aromatic rings. The van der Waals surface area contributed by atoms with Crippen molar-refractivity contribution in [3.05, 3.63) is 69.3 Å². The van der Waals surface area contributed by atoms with E-state index in [0.717, 1.165) is 10.2 Å². The van der Waals surface area contributed by atoms with Crippen molar-refractivity contribution in [2.75, 3.05) is 20.3 Å². The first-order valence-corrected chi connectivity index (χ1v) is 10.3. The van der Waals surface area contributed by atoms with E-state index in [1.807, 2.05) is 29.7 Å². The zero-order valence-corrected chi connectivity index (χ0v) is 17.4. The van der Waals surface area contributed by atoms with Crippen LogP contribution in [-0.4, -0.2) is 30.8 Å². The summed E-state index contributed by atoms with van der Waals surface area (Å²) in [6.45, 7) is 3.46. The molecular weight excluding hydrogens is 404 g/mol. The summed E-state index contributed by atoms with van der Waals surface area (Å²) >= 11 is 1.35. The monoisotopic (exact) mass is 424 g/mol. The van der Waals surface area contributed by atoms with Gasteiger partial charge >= 0.3 is 0 Å². The van der Waals surface area contributed by atoms with E-state index in [4.69, 9.17) is 13.9 Å². The summed E-state index contributed by atoms with van der Waals surface area (Å²) in [4.78, 5) is 30.4. The van der Waals surface area contributed by atoms with Crippen LogP contribution in [0.5, 0.6) is 5.75 Å². The van der Waals surface area contributed by atoms with E-state index < -0.39 is 11.3 Å². The third-order valence-corrected chi connectivity index (χ3v) is 5.70. The Morgan fingerprint density at radius 2 is 2.03 bits per heavy atom. The molecule has 0 radical (unpaired) electrons. The first-order chi connectivity index (χ1) is 14.6. The highest BCUT2D eigenvalue weighted by Crippen LogP contribution is 2.27. The van der Waals surface area contributed by atoms with E-state index in [1.165, 1.54) is 17.6 Å². The summed E-state index contributed by atoms with van der Waals surface area (Å²) in [6, 6.07) is 12.5. The van der Waals surface area contributed by atoms with Gasteiger partial charge in [0.2, 0.25) is 5.43 Å². The smallest absolute Gasteiger partial charge is 0.286 e. The van der Waals surface area contributed by atoms with Gasteiger partial charge < -0.3 is 18.5 Å². The van der Waals surface area contributed by atoms with E-state index in [-0.39, 0.29) is 5.56 Å². The number of fused-ring (bicyclic) bond motifs is 2. The van der Waals surface area contributed by atoms with Crippen LogP contribution in [0.1, 0.15) is 17.3 Å². The van der Waals surface area contributed by atoms with Gasteiger partial charge in [-0.3, -0.25) is 9.59 Å². The third kappa shape index (κ3) is 3.67. The Morgan fingerprint density at radius 1 is 1.20 bits per heavy atom. The van der Waals surface area contributed by atoms with Crippen LogP contribution < -0.4 is 15.0 Å². The van der Waals surface area contributed by atoms with Crippen LogP contribution in [0.4, 0.5) is 0 Å². The number of rotatable bonds is 6. The lowest BCUT2D eigenvalue weighted by molar-refractivity contribution is 0.0994. The van der Waals surface area contributed by atoms with Gasteiger partial charge in [0.1, 0.15) is 28.7 Å². The van der Waals surface area contributed by atoms with Crippen molar-refractivity contribution in [3.8, 4) is 5.75 Å². The van der Waals surface area contributed by atoms with Gasteiger partial charge in [-0.25, -0.2) is 0 Å². The van der Waals surface area contributed by atoms with Crippen LogP contribution in [0.25, 0.3) is 21.2 Å². The number of benzene rings is 2. The summed E-state index contributed by atoms with van der Waals surface area (Å²) in [5, 5.41) is 0.348. The molecule has 7 nitrogen and oxygen atoms in total. The zero-order chi connectivity index (χ0) is 21.1. The molecule has 30 heavy (non-hydrogen) atoms. The molecule has 0 spiro atoms. The molecule has 0 aliphatic carbocycles. The van der Waals surface area contributed by atoms with E-state index in [9.17, 15) is 9.59 Å². The normalized spacial score (nSPS) is 12.0. The molecule has 0 saturated carbocycles. The lowest BCUT2D eigenvalue weighted by Gasteiger charge is -2.08. The van der Waals surface area contributed by atoms with E-state index >= 15 is 0 Å². The van der Waals surface area contributed by atoms with Gasteiger partial charge in [0.15, 0.2) is 4.80 Å². The number of ether oxygens (including phenoxy) is 2. The Morgan fingerprint density at radius 3 is 2.83 bits per heavy atom. The number of aromatic nitrogens is 1. The Bertz CT molecular complexity index is 1350. The molecule has 0 atom stereocenters. The minimum absolute atomic E-state index is 0.102. The molecule has 0 fully saturated rings. The number of nitrogens with zero attached hydrogens (tertiary/aromatic N) is 2. The summed E-state index contributed by atoms with van der Waals surface area (Å²) in [7, 11) is 1.60. The Labute approximate surface area is 175 Å². The second kappa shape index (κ2) is 8.64. The maximum Gasteiger partial charge on any atom is 0.286 e. The topological polar surface area (TPSA) is 83.0 Å². The van der Waals surface area contributed by atoms with Gasteiger partial charge in [-0.1, -0.05) is 29.5 Å². The second-order valence-electron chi connectivity index (χ2n) is 6.43. The van der Waals surface area contributed by atoms with Crippen LogP contribution in [-0.2, 0) is 11.3 Å². The fraction of sp³-hybridized carbons (Fsp3) is 0.227. The molecular formula is C22H20N2O5S. The Balaban J connectivity index is 1.86. The van der Waals surface area contributed by atoms with Crippen LogP contribution in [0.15, 0.2) is 62.9 Å². The fourth-order valence-corrected chi connectivity index (χ4v) is 4.30. The SMILES string of the molecule is CCOCCn1c(=NC(=O)c2coc3ccccc3c2=O)sc2cccc(OC)c21. The average molecular weight is 424 g/mol. The maximum atomic E-state index is 12.9. The van der Waals surface area contributed by atoms with Gasteiger partial charge in [-0.15, -0.1) is 0 Å². The van der Waals surface area contributed by atoms with Gasteiger partial charge in [0.25, 0.3) is 5.91 Å². The molecule has 2 aromatic heterocycles. The first-order valence-electron chi connectivity index (χ1n) is 9.47. The van der Waals surface area contributed by atoms with Crippen molar-refractivity contribution in [1.29, 1.82) is 0 Å². The average Bonchev–Trinajstić information content (AvgIpc) is 3.11. The standard InChI is InChI=1S/C22H20N2O5S/c1-3-28-12-11-24-19-17(27-2)9-6-10-18(19)30-22(24)23-21(26)15-13-29-16-8-5-4-7-14(16)20(15)25/h4-10,13H,3,11-12H2,1-2H3. The molecule has 0 bridgehead atoms. The van der Waals surface area contributed by atoms with E-state index in [1.54, 1.807) is 31.4 Å². The molecule has 4 rings (SSSR count). The van der Waals surface area contributed by atoms with E-state index in [2.05, 4.69) is 4.99 Å². The predicted octanol–water partition coefficient (Wildman–Crippen LogP) is 3.60. The van der Waals surface area contributed by atoms with Crippen molar-refractivity contribution >= 4 is 38.4 Å². The number of hydrogen-bond acceptors (Lipinski definition) is 6. The molecule has 0 aliphatic heterocycles. The molecule has 1 amide bonds. The molecule has 0 unspecified atom stereocenters. The molecule has 0 aliphatic rings. The van der Waals surface area contributed by atoms with Crippen molar-refractivity contribution < 1.29 is 18.7 Å². The molecule has 154 valence electrons. The summed E-state index contributed by atoms with van der Waals surface area (Å²) in [5.41, 5.74) is 0.763. The highest BCUT2D eigenvalue weighted by molar-refractivity contribution is 7.16. The summed E-state index contributed by atoms with van der Waals surface area (Å²) in [5.74, 6) is 0.0320. The number of carbonyl (C=O) groups excluding carboxylic acids is 1. The third-order valence-electron chi connectivity index (χ3n) is 4.65. The van der Waals surface area contributed by atoms with Crippen molar-refractivity contribution in [3.63, 3.8) is 0 Å². The lowest BCUT2D eigenvalue weighted by Crippen LogP contribution is -2.22. The number of para-hydroxylation sites is 2. The zero-order valence-electron chi connectivity index (χ0n) is 16.6. The number of amides is 1. The highest BCUT2D eigenvalue weighted by atomic mass is 32.1. The largest absolute Gasteiger partial charge is 0.495 e. The van der Waals surface area contributed by atoms with Crippen molar-refractivity contribution in [2.45, 2.75) is 13.5 Å². The first kappa shape index (κ1) is 20.1. The van der Waals surface area contributed by atoms with Gasteiger partial charge in [-0.05, 0) is 31.2 Å². The summed E-state index contributed by atoms with van der Waals surface area (Å²) in [6.07, 6.45) is 1.18. The van der Waals surface area contributed by atoms with E-state index in [0.29, 0.717) is 41.3 Å². The number of thiazole rings is 1. The Kier molecular flexibility index (Phi) is 5.78. The van der Waals surface area contributed by atoms with Gasteiger partial charge in [0, 0.05) is 13.2 Å². The fourth-order valence-electron chi connectivity index (χ4n) is 3.23. The van der Waals surface area contributed by atoms with Crippen LogP contribution >= 0.6 is 11.3 Å². The lowest BCUT2D eigenvalue weighted by atomic mass is 10.2. The highest BCUT2D eigenvalue weighted by Gasteiger charge is 2.16. The van der Waals surface area contributed by atoms with Crippen molar-refractivity contribution in [2.24, 2.45) is 4.99 Å². The predicted molar refractivity (Wildman–Crippen MR) is 115 cm³/mol. The van der Waals surface area contributed by atoms with Crippen LogP contribution in [0.3, 0.4) is 0 Å². The minimum atomic E-state index is -0.648. The van der Waals surface area contributed by atoms with Gasteiger partial charge in [-0.2, -0.15) is 4.99 Å². The van der Waals surface area contributed by atoms with Gasteiger partial charge in [0.05, 0.1) is 23.8 Å². The molecule has 2 aromatic carbocycles.